The van der Waals surface area contributed by atoms with E-state index in [2.05, 4.69) is 34.4 Å². The van der Waals surface area contributed by atoms with Crippen molar-refractivity contribution in [2.45, 2.75) is 26.8 Å². The zero-order valence-corrected chi connectivity index (χ0v) is 17.5. The zero-order chi connectivity index (χ0) is 16.7. The minimum absolute atomic E-state index is 0. The summed E-state index contributed by atoms with van der Waals surface area (Å²) in [4.78, 5) is 6.76. The van der Waals surface area contributed by atoms with E-state index < -0.39 is 0 Å². The Hall–Kier alpha value is -0.800. The van der Waals surface area contributed by atoms with E-state index in [-0.39, 0.29) is 30.0 Å². The summed E-state index contributed by atoms with van der Waals surface area (Å²) in [5, 5.41) is 6.77. The van der Waals surface area contributed by atoms with Gasteiger partial charge in [-0.3, -0.25) is 9.89 Å². The minimum Gasteiger partial charge on any atom is -0.464 e. The van der Waals surface area contributed by atoms with E-state index in [1.807, 2.05) is 19.1 Å². The van der Waals surface area contributed by atoms with Gasteiger partial charge in [-0.2, -0.15) is 0 Å². The molecule has 0 bridgehead atoms. The Balaban J connectivity index is 0.00000288. The van der Waals surface area contributed by atoms with Crippen LogP contribution in [-0.2, 0) is 4.74 Å². The summed E-state index contributed by atoms with van der Waals surface area (Å²) in [7, 11) is 1.79. The highest BCUT2D eigenvalue weighted by Crippen LogP contribution is 2.15. The summed E-state index contributed by atoms with van der Waals surface area (Å²) >= 11 is 0. The van der Waals surface area contributed by atoms with Gasteiger partial charge in [-0.25, -0.2) is 0 Å². The predicted octanol–water partition coefficient (Wildman–Crippen LogP) is 2.40. The van der Waals surface area contributed by atoms with Crippen LogP contribution < -0.4 is 10.6 Å². The molecule has 1 fully saturated rings. The number of aryl methyl sites for hydroxylation is 1. The number of halogens is 1. The molecule has 2 rings (SSSR count). The van der Waals surface area contributed by atoms with E-state index in [1.54, 1.807) is 7.05 Å². The van der Waals surface area contributed by atoms with Crippen molar-refractivity contribution in [2.75, 3.05) is 46.4 Å². The number of guanidine groups is 1. The van der Waals surface area contributed by atoms with Crippen LogP contribution in [0.4, 0.5) is 0 Å². The van der Waals surface area contributed by atoms with Crippen LogP contribution in [0.15, 0.2) is 21.5 Å². The molecule has 6 nitrogen and oxygen atoms in total. The molecule has 1 aliphatic heterocycles. The van der Waals surface area contributed by atoms with Crippen molar-refractivity contribution < 1.29 is 9.15 Å². The molecule has 0 amide bonds. The number of morpholine rings is 1. The lowest BCUT2D eigenvalue weighted by Gasteiger charge is -2.29. The lowest BCUT2D eigenvalue weighted by atomic mass is 10.1. The summed E-state index contributed by atoms with van der Waals surface area (Å²) in [5.74, 6) is 3.20. The molecule has 2 atom stereocenters. The lowest BCUT2D eigenvalue weighted by molar-refractivity contribution is 0.0320. The third-order valence-electron chi connectivity index (χ3n) is 4.06. The third-order valence-corrected chi connectivity index (χ3v) is 4.06. The van der Waals surface area contributed by atoms with Gasteiger partial charge in [0.1, 0.15) is 11.5 Å². The molecule has 1 saturated heterocycles. The number of nitrogens with one attached hydrogen (secondary N) is 2. The average molecular weight is 450 g/mol. The number of ether oxygens (including phenoxy) is 1. The van der Waals surface area contributed by atoms with Crippen LogP contribution in [0.5, 0.6) is 0 Å². The molecule has 2 unspecified atom stereocenters. The lowest BCUT2D eigenvalue weighted by Crippen LogP contribution is -2.44. The monoisotopic (exact) mass is 450 g/mol. The second kappa shape index (κ2) is 10.9. The van der Waals surface area contributed by atoms with Gasteiger partial charge in [-0.05, 0) is 31.9 Å². The predicted molar refractivity (Wildman–Crippen MR) is 108 cm³/mol. The fourth-order valence-electron chi connectivity index (χ4n) is 2.72. The summed E-state index contributed by atoms with van der Waals surface area (Å²) in [5.41, 5.74) is 0. The van der Waals surface area contributed by atoms with E-state index in [9.17, 15) is 0 Å². The zero-order valence-electron chi connectivity index (χ0n) is 15.2. The van der Waals surface area contributed by atoms with Gasteiger partial charge in [0, 0.05) is 33.2 Å². The largest absolute Gasteiger partial charge is 0.464 e. The highest BCUT2D eigenvalue weighted by molar-refractivity contribution is 14.0. The summed E-state index contributed by atoms with van der Waals surface area (Å²) in [6.07, 6.45) is 0. The van der Waals surface area contributed by atoms with E-state index in [1.165, 1.54) is 0 Å². The molecule has 1 aliphatic rings. The van der Waals surface area contributed by atoms with Crippen molar-refractivity contribution in [3.8, 4) is 0 Å². The van der Waals surface area contributed by atoms with Gasteiger partial charge >= 0.3 is 0 Å². The molecular formula is C17H31IN4O2. The first kappa shape index (κ1) is 21.2. The topological polar surface area (TPSA) is 62.0 Å². The van der Waals surface area contributed by atoms with E-state index in [0.717, 1.165) is 56.9 Å². The summed E-state index contributed by atoms with van der Waals surface area (Å²) in [6, 6.07) is 4.07. The Morgan fingerprint density at radius 2 is 2.00 bits per heavy atom. The van der Waals surface area contributed by atoms with Gasteiger partial charge in [0.25, 0.3) is 0 Å². The minimum atomic E-state index is 0. The molecule has 138 valence electrons. The summed E-state index contributed by atoms with van der Waals surface area (Å²) in [6.45, 7) is 12.0. The molecule has 0 saturated carbocycles. The highest BCUT2D eigenvalue weighted by atomic mass is 127. The number of aliphatic imine (C=N–C) groups is 1. The molecule has 24 heavy (non-hydrogen) atoms. The SMILES string of the molecule is CN=C(NCC(C)CN1CCOCC1)NC(C)c1ccc(C)o1.I. The van der Waals surface area contributed by atoms with Crippen LogP contribution in [0.25, 0.3) is 0 Å². The Morgan fingerprint density at radius 3 is 2.58 bits per heavy atom. The average Bonchev–Trinajstić information content (AvgIpc) is 2.99. The first-order chi connectivity index (χ1) is 11.1. The molecule has 1 aromatic heterocycles. The maximum absolute atomic E-state index is 5.65. The molecule has 2 N–H and O–H groups in total. The van der Waals surface area contributed by atoms with E-state index in [0.29, 0.717) is 5.92 Å². The molecular weight excluding hydrogens is 419 g/mol. The van der Waals surface area contributed by atoms with Crippen LogP contribution >= 0.6 is 24.0 Å². The fraction of sp³-hybridized carbons (Fsp3) is 0.706. The molecule has 0 radical (unpaired) electrons. The van der Waals surface area contributed by atoms with Crippen LogP contribution in [0.3, 0.4) is 0 Å². The van der Waals surface area contributed by atoms with Crippen molar-refractivity contribution in [1.29, 1.82) is 0 Å². The second-order valence-electron chi connectivity index (χ2n) is 6.29. The molecule has 1 aromatic rings. The Bertz CT molecular complexity index is 501. The summed E-state index contributed by atoms with van der Waals surface area (Å²) < 4.78 is 11.0. The quantitative estimate of drug-likeness (QED) is 0.396. The van der Waals surface area contributed by atoms with Crippen molar-refractivity contribution in [1.82, 2.24) is 15.5 Å². The normalized spacial score (nSPS) is 18.6. The van der Waals surface area contributed by atoms with Gasteiger partial charge in [0.05, 0.1) is 19.3 Å². The molecule has 0 aromatic carbocycles. The standard InChI is InChI=1S/C17H30N4O2.HI/c1-13(12-21-7-9-22-10-8-21)11-19-17(18-4)20-15(3)16-6-5-14(2)23-16;/h5-6,13,15H,7-12H2,1-4H3,(H2,18,19,20);1H. The molecule has 2 heterocycles. The van der Waals surface area contributed by atoms with Gasteiger partial charge in [-0.1, -0.05) is 6.92 Å². The van der Waals surface area contributed by atoms with Crippen LogP contribution in [0.2, 0.25) is 0 Å². The van der Waals surface area contributed by atoms with Gasteiger partial charge < -0.3 is 19.8 Å². The first-order valence-corrected chi connectivity index (χ1v) is 8.42. The van der Waals surface area contributed by atoms with Crippen LogP contribution in [-0.4, -0.2) is 57.3 Å². The maximum Gasteiger partial charge on any atom is 0.191 e. The number of rotatable bonds is 6. The Labute approximate surface area is 162 Å². The number of furan rings is 1. The number of hydrogen-bond acceptors (Lipinski definition) is 4. The van der Waals surface area contributed by atoms with Gasteiger partial charge in [0.15, 0.2) is 5.96 Å². The van der Waals surface area contributed by atoms with Crippen molar-refractivity contribution in [3.63, 3.8) is 0 Å². The highest BCUT2D eigenvalue weighted by Gasteiger charge is 2.15. The fourth-order valence-corrected chi connectivity index (χ4v) is 2.72. The van der Waals surface area contributed by atoms with E-state index >= 15 is 0 Å². The molecule has 0 aliphatic carbocycles. The van der Waals surface area contributed by atoms with Crippen molar-refractivity contribution in [2.24, 2.45) is 10.9 Å². The van der Waals surface area contributed by atoms with Crippen molar-refractivity contribution in [3.05, 3.63) is 23.7 Å². The Morgan fingerprint density at radius 1 is 1.29 bits per heavy atom. The second-order valence-corrected chi connectivity index (χ2v) is 6.29. The number of hydrogen-bond donors (Lipinski definition) is 2. The molecule has 7 heteroatoms. The van der Waals surface area contributed by atoms with Gasteiger partial charge in [0.2, 0.25) is 0 Å². The third kappa shape index (κ3) is 6.98. The maximum atomic E-state index is 5.65. The first-order valence-electron chi connectivity index (χ1n) is 8.42. The smallest absolute Gasteiger partial charge is 0.191 e. The van der Waals surface area contributed by atoms with Crippen LogP contribution in [0, 0.1) is 12.8 Å². The Kier molecular flexibility index (Phi) is 9.68. The van der Waals surface area contributed by atoms with Gasteiger partial charge in [-0.15, -0.1) is 24.0 Å². The number of nitrogens with zero attached hydrogens (tertiary/aromatic N) is 2. The van der Waals surface area contributed by atoms with E-state index in [4.69, 9.17) is 9.15 Å². The van der Waals surface area contributed by atoms with Crippen molar-refractivity contribution >= 4 is 29.9 Å². The van der Waals surface area contributed by atoms with Crippen LogP contribution in [0.1, 0.15) is 31.4 Å². The molecule has 0 spiro atoms.